The number of rotatable bonds is 3. The van der Waals surface area contributed by atoms with Crippen molar-refractivity contribution in [3.05, 3.63) is 29.3 Å². The van der Waals surface area contributed by atoms with Gasteiger partial charge >= 0.3 is 5.97 Å². The van der Waals surface area contributed by atoms with Crippen LogP contribution in [0.3, 0.4) is 0 Å². The van der Waals surface area contributed by atoms with Gasteiger partial charge in [-0.2, -0.15) is 0 Å². The lowest BCUT2D eigenvalue weighted by molar-refractivity contribution is 0.0540. The Hall–Kier alpha value is -1.30. The summed E-state index contributed by atoms with van der Waals surface area (Å²) in [6.45, 7) is 3.55. The second-order valence-electron chi connectivity index (χ2n) is 2.00. The minimum absolute atomic E-state index is 0.0741. The molecule has 0 N–H and O–H groups in total. The standard InChI is InChI=1S/C7H6BrN3O2/c1-2-3-13-6(12)5-4-9-7(8)11-10-5/h2,4H,1,3H2. The molecule has 0 bridgehead atoms. The van der Waals surface area contributed by atoms with E-state index in [0.29, 0.717) is 4.73 Å². The van der Waals surface area contributed by atoms with Crippen molar-refractivity contribution in [3.63, 3.8) is 0 Å². The molecule has 0 aromatic carbocycles. The summed E-state index contributed by atoms with van der Waals surface area (Å²) >= 11 is 2.99. The van der Waals surface area contributed by atoms with Crippen LogP contribution in [-0.4, -0.2) is 27.8 Å². The second kappa shape index (κ2) is 4.66. The fourth-order valence-corrected chi connectivity index (χ4v) is 0.745. The summed E-state index contributed by atoms with van der Waals surface area (Å²) < 4.78 is 5.03. The second-order valence-corrected chi connectivity index (χ2v) is 2.71. The molecule has 1 heterocycles. The number of hydrogen-bond acceptors (Lipinski definition) is 5. The Labute approximate surface area is 83.0 Å². The molecule has 5 nitrogen and oxygen atoms in total. The van der Waals surface area contributed by atoms with Gasteiger partial charge in [0.1, 0.15) is 6.61 Å². The number of ether oxygens (including phenoxy) is 1. The summed E-state index contributed by atoms with van der Waals surface area (Å²) in [5.41, 5.74) is 0.0741. The van der Waals surface area contributed by atoms with Gasteiger partial charge in [0.25, 0.3) is 0 Å². The van der Waals surface area contributed by atoms with Gasteiger partial charge in [-0.05, 0) is 15.9 Å². The van der Waals surface area contributed by atoms with E-state index in [1.54, 1.807) is 0 Å². The van der Waals surface area contributed by atoms with E-state index in [0.717, 1.165) is 0 Å². The Kier molecular flexibility index (Phi) is 3.51. The Bertz CT molecular complexity index is 312. The van der Waals surface area contributed by atoms with Gasteiger partial charge in [0, 0.05) is 0 Å². The lowest BCUT2D eigenvalue weighted by Crippen LogP contribution is -2.09. The predicted octanol–water partition coefficient (Wildman–Crippen LogP) is 0.977. The summed E-state index contributed by atoms with van der Waals surface area (Å²) in [5, 5.41) is 7.10. The smallest absolute Gasteiger partial charge is 0.360 e. The number of carbonyl (C=O) groups is 1. The van der Waals surface area contributed by atoms with Crippen LogP contribution in [0.1, 0.15) is 10.5 Å². The summed E-state index contributed by atoms with van der Waals surface area (Å²) in [5.74, 6) is -0.563. The average molecular weight is 244 g/mol. The zero-order valence-corrected chi connectivity index (χ0v) is 8.19. The first-order chi connectivity index (χ1) is 6.24. The summed E-state index contributed by atoms with van der Waals surface area (Å²) in [7, 11) is 0. The number of nitrogens with zero attached hydrogens (tertiary/aromatic N) is 3. The molecular weight excluding hydrogens is 238 g/mol. The van der Waals surface area contributed by atoms with Crippen molar-refractivity contribution in [2.45, 2.75) is 0 Å². The summed E-state index contributed by atoms with van der Waals surface area (Å²) in [6.07, 6.45) is 2.75. The van der Waals surface area contributed by atoms with Crippen molar-refractivity contribution in [3.8, 4) is 0 Å². The fourth-order valence-electron chi connectivity index (χ4n) is 0.563. The molecule has 6 heteroatoms. The van der Waals surface area contributed by atoms with Crippen molar-refractivity contribution in [1.29, 1.82) is 0 Å². The van der Waals surface area contributed by atoms with E-state index in [4.69, 9.17) is 4.74 Å². The van der Waals surface area contributed by atoms with Crippen LogP contribution in [0.4, 0.5) is 0 Å². The molecular formula is C7H6BrN3O2. The van der Waals surface area contributed by atoms with Crippen LogP contribution in [0, 0.1) is 0 Å². The minimum atomic E-state index is -0.563. The molecule has 68 valence electrons. The average Bonchev–Trinajstić information content (AvgIpc) is 2.15. The highest BCUT2D eigenvalue weighted by molar-refractivity contribution is 9.10. The van der Waals surface area contributed by atoms with Crippen LogP contribution in [0.2, 0.25) is 0 Å². The first-order valence-electron chi connectivity index (χ1n) is 3.37. The van der Waals surface area contributed by atoms with Crippen molar-refractivity contribution < 1.29 is 9.53 Å². The highest BCUT2D eigenvalue weighted by Gasteiger charge is 2.08. The normalized spacial score (nSPS) is 9.31. The molecule has 0 radical (unpaired) electrons. The van der Waals surface area contributed by atoms with E-state index in [2.05, 4.69) is 37.7 Å². The molecule has 1 rings (SSSR count). The summed E-state index contributed by atoms with van der Waals surface area (Å²) in [6, 6.07) is 0. The van der Waals surface area contributed by atoms with Gasteiger partial charge in [0.05, 0.1) is 6.20 Å². The van der Waals surface area contributed by atoms with Gasteiger partial charge in [-0.15, -0.1) is 10.2 Å². The van der Waals surface area contributed by atoms with Crippen molar-refractivity contribution in [1.82, 2.24) is 15.2 Å². The van der Waals surface area contributed by atoms with Gasteiger partial charge in [0.2, 0.25) is 4.73 Å². The van der Waals surface area contributed by atoms with E-state index in [1.807, 2.05) is 0 Å². The topological polar surface area (TPSA) is 65.0 Å². The van der Waals surface area contributed by atoms with Crippen LogP contribution < -0.4 is 0 Å². The number of hydrogen-bond donors (Lipinski definition) is 0. The Morgan fingerprint density at radius 2 is 2.46 bits per heavy atom. The number of aromatic nitrogens is 3. The van der Waals surface area contributed by atoms with E-state index >= 15 is 0 Å². The minimum Gasteiger partial charge on any atom is -0.457 e. The van der Waals surface area contributed by atoms with E-state index in [9.17, 15) is 4.79 Å². The zero-order valence-electron chi connectivity index (χ0n) is 6.61. The van der Waals surface area contributed by atoms with Crippen LogP contribution in [0.5, 0.6) is 0 Å². The first kappa shape index (κ1) is 9.79. The number of carbonyl (C=O) groups excluding carboxylic acids is 1. The maximum Gasteiger partial charge on any atom is 0.360 e. The van der Waals surface area contributed by atoms with E-state index in [1.165, 1.54) is 12.3 Å². The molecule has 0 spiro atoms. The molecule has 0 aliphatic heterocycles. The molecule has 0 aliphatic rings. The van der Waals surface area contributed by atoms with Crippen LogP contribution in [0.15, 0.2) is 23.6 Å². The quantitative estimate of drug-likeness (QED) is 0.585. The Morgan fingerprint density at radius 3 is 3.00 bits per heavy atom. The highest BCUT2D eigenvalue weighted by Crippen LogP contribution is 1.99. The van der Waals surface area contributed by atoms with Crippen LogP contribution in [0.25, 0.3) is 0 Å². The third-order valence-electron chi connectivity index (χ3n) is 1.08. The largest absolute Gasteiger partial charge is 0.457 e. The molecule has 1 aromatic heterocycles. The summed E-state index contributed by atoms with van der Waals surface area (Å²) in [4.78, 5) is 14.8. The van der Waals surface area contributed by atoms with Gasteiger partial charge in [-0.25, -0.2) is 9.78 Å². The predicted molar refractivity (Wildman–Crippen MR) is 48.0 cm³/mol. The monoisotopic (exact) mass is 243 g/mol. The molecule has 0 amide bonds. The maximum atomic E-state index is 11.1. The van der Waals surface area contributed by atoms with Crippen molar-refractivity contribution >= 4 is 21.9 Å². The first-order valence-corrected chi connectivity index (χ1v) is 4.16. The SMILES string of the molecule is C=CCOC(=O)c1cnc(Br)nn1. The number of esters is 1. The highest BCUT2D eigenvalue weighted by atomic mass is 79.9. The fraction of sp³-hybridized carbons (Fsp3) is 0.143. The van der Waals surface area contributed by atoms with Gasteiger partial charge in [0.15, 0.2) is 5.69 Å². The van der Waals surface area contributed by atoms with E-state index < -0.39 is 5.97 Å². The molecule has 0 saturated heterocycles. The number of halogens is 1. The Balaban J connectivity index is 2.66. The molecule has 0 saturated carbocycles. The van der Waals surface area contributed by atoms with Crippen molar-refractivity contribution in [2.75, 3.05) is 6.61 Å². The molecule has 1 aromatic rings. The lowest BCUT2D eigenvalue weighted by Gasteiger charge is -1.98. The third-order valence-corrected chi connectivity index (χ3v) is 1.44. The van der Waals surface area contributed by atoms with Gasteiger partial charge in [-0.3, -0.25) is 0 Å². The van der Waals surface area contributed by atoms with E-state index in [-0.39, 0.29) is 12.3 Å². The van der Waals surface area contributed by atoms with Gasteiger partial charge < -0.3 is 4.74 Å². The maximum absolute atomic E-state index is 11.1. The molecule has 0 aliphatic carbocycles. The molecule has 0 fully saturated rings. The molecule has 0 atom stereocenters. The molecule has 13 heavy (non-hydrogen) atoms. The van der Waals surface area contributed by atoms with Gasteiger partial charge in [-0.1, -0.05) is 12.7 Å². The Morgan fingerprint density at radius 1 is 1.69 bits per heavy atom. The van der Waals surface area contributed by atoms with Crippen LogP contribution in [-0.2, 0) is 4.74 Å². The lowest BCUT2D eigenvalue weighted by atomic mass is 10.5. The van der Waals surface area contributed by atoms with Crippen molar-refractivity contribution in [2.24, 2.45) is 0 Å². The van der Waals surface area contributed by atoms with Crippen LogP contribution >= 0.6 is 15.9 Å². The third kappa shape index (κ3) is 2.90. The molecule has 0 unspecified atom stereocenters. The zero-order chi connectivity index (χ0) is 9.68.